The average molecular weight is 318 g/mol. The Labute approximate surface area is 140 Å². The van der Waals surface area contributed by atoms with Gasteiger partial charge in [0.2, 0.25) is 0 Å². The monoisotopic (exact) mass is 318 g/mol. The zero-order valence-corrected chi connectivity index (χ0v) is 14.8. The van der Waals surface area contributed by atoms with Gasteiger partial charge in [-0.2, -0.15) is 0 Å². The number of carbonyl (C=O) groups is 1. The minimum Gasteiger partial charge on any atom is -0.483 e. The van der Waals surface area contributed by atoms with Crippen LogP contribution in [0.25, 0.3) is 0 Å². The Bertz CT molecular complexity index is 532. The van der Waals surface area contributed by atoms with Gasteiger partial charge in [0.25, 0.3) is 5.91 Å². The van der Waals surface area contributed by atoms with E-state index >= 15 is 0 Å². The third-order valence-corrected chi connectivity index (χ3v) is 4.78. The number of nitrogens with two attached hydrogens (primary N) is 1. The Morgan fingerprint density at radius 1 is 1.30 bits per heavy atom. The summed E-state index contributed by atoms with van der Waals surface area (Å²) >= 11 is 0. The number of amides is 1. The maximum atomic E-state index is 12.4. The quantitative estimate of drug-likeness (QED) is 0.907. The van der Waals surface area contributed by atoms with Crippen LogP contribution in [0.3, 0.4) is 0 Å². The molecule has 4 nitrogen and oxygen atoms in total. The minimum atomic E-state index is 0.0735. The van der Waals surface area contributed by atoms with Crippen LogP contribution in [0, 0.1) is 12.8 Å². The molecule has 1 aliphatic heterocycles. The van der Waals surface area contributed by atoms with E-state index in [1.807, 2.05) is 17.9 Å². The van der Waals surface area contributed by atoms with Crippen LogP contribution in [0.2, 0.25) is 0 Å². The van der Waals surface area contributed by atoms with E-state index in [2.05, 4.69) is 32.9 Å². The van der Waals surface area contributed by atoms with Gasteiger partial charge in [-0.25, -0.2) is 0 Å². The van der Waals surface area contributed by atoms with Gasteiger partial charge >= 0.3 is 0 Å². The van der Waals surface area contributed by atoms with Crippen LogP contribution >= 0.6 is 0 Å². The number of carbonyl (C=O) groups excluding carboxylic acids is 1. The van der Waals surface area contributed by atoms with Gasteiger partial charge in [-0.3, -0.25) is 4.79 Å². The highest BCUT2D eigenvalue weighted by Crippen LogP contribution is 2.27. The van der Waals surface area contributed by atoms with Crippen LogP contribution in [0.15, 0.2) is 18.2 Å². The van der Waals surface area contributed by atoms with Crippen LogP contribution in [-0.2, 0) is 4.79 Å². The number of nitrogens with zero attached hydrogens (tertiary/aromatic N) is 1. The molecule has 4 heteroatoms. The van der Waals surface area contributed by atoms with Crippen molar-refractivity contribution in [3.63, 3.8) is 0 Å². The van der Waals surface area contributed by atoms with Crippen molar-refractivity contribution in [3.05, 3.63) is 29.3 Å². The Morgan fingerprint density at radius 2 is 1.96 bits per heavy atom. The number of likely N-dealkylation sites (tertiary alicyclic amines) is 1. The fraction of sp³-hybridized carbons (Fsp3) is 0.632. The molecule has 0 aliphatic carbocycles. The largest absolute Gasteiger partial charge is 0.483 e. The van der Waals surface area contributed by atoms with E-state index < -0.39 is 0 Å². The summed E-state index contributed by atoms with van der Waals surface area (Å²) < 4.78 is 5.85. The average Bonchev–Trinajstić information content (AvgIpc) is 2.52. The van der Waals surface area contributed by atoms with E-state index in [-0.39, 0.29) is 18.6 Å². The lowest BCUT2D eigenvalue weighted by molar-refractivity contribution is -0.134. The summed E-state index contributed by atoms with van der Waals surface area (Å²) in [6.07, 6.45) is 1.98. The van der Waals surface area contributed by atoms with Crippen molar-refractivity contribution in [2.24, 2.45) is 11.7 Å². The van der Waals surface area contributed by atoms with Crippen molar-refractivity contribution >= 4 is 5.91 Å². The van der Waals surface area contributed by atoms with Crippen molar-refractivity contribution in [2.75, 3.05) is 19.7 Å². The summed E-state index contributed by atoms with van der Waals surface area (Å²) in [5, 5.41) is 0. The maximum Gasteiger partial charge on any atom is 0.260 e. The standard InChI is InChI=1S/C19H30N2O2/c1-13(2)17-6-5-14(3)11-18(17)23-12-19(22)21-9-7-16(8-10-21)15(4)20/h5-6,11,13,15-16H,7-10,12,20H2,1-4H3. The summed E-state index contributed by atoms with van der Waals surface area (Å²) in [6, 6.07) is 6.41. The van der Waals surface area contributed by atoms with Gasteiger partial charge < -0.3 is 15.4 Å². The van der Waals surface area contributed by atoms with E-state index in [1.54, 1.807) is 0 Å². The first-order valence-corrected chi connectivity index (χ1v) is 8.65. The smallest absolute Gasteiger partial charge is 0.260 e. The molecule has 0 spiro atoms. The SMILES string of the molecule is Cc1ccc(C(C)C)c(OCC(=O)N2CCC(C(C)N)CC2)c1. The van der Waals surface area contributed by atoms with Gasteiger partial charge in [0.05, 0.1) is 0 Å². The van der Waals surface area contributed by atoms with Gasteiger partial charge in [0, 0.05) is 19.1 Å². The number of hydrogen-bond acceptors (Lipinski definition) is 3. The fourth-order valence-corrected chi connectivity index (χ4v) is 3.15. The molecule has 128 valence electrons. The lowest BCUT2D eigenvalue weighted by Gasteiger charge is -2.33. The first-order chi connectivity index (χ1) is 10.9. The molecule has 1 saturated heterocycles. The van der Waals surface area contributed by atoms with Gasteiger partial charge in [0.1, 0.15) is 5.75 Å². The van der Waals surface area contributed by atoms with Crippen molar-refractivity contribution in [2.45, 2.75) is 52.5 Å². The zero-order chi connectivity index (χ0) is 17.0. The predicted molar refractivity (Wildman–Crippen MR) is 93.7 cm³/mol. The summed E-state index contributed by atoms with van der Waals surface area (Å²) in [5.41, 5.74) is 8.25. The van der Waals surface area contributed by atoms with Crippen molar-refractivity contribution in [3.8, 4) is 5.75 Å². The molecule has 1 aromatic rings. The van der Waals surface area contributed by atoms with Gasteiger partial charge in [-0.05, 0) is 55.7 Å². The van der Waals surface area contributed by atoms with E-state index in [0.717, 1.165) is 42.8 Å². The molecule has 1 unspecified atom stereocenters. The number of hydrogen-bond donors (Lipinski definition) is 1. The van der Waals surface area contributed by atoms with Crippen LogP contribution in [0.5, 0.6) is 5.75 Å². The van der Waals surface area contributed by atoms with Crippen LogP contribution in [0.4, 0.5) is 0 Å². The zero-order valence-electron chi connectivity index (χ0n) is 14.8. The van der Waals surface area contributed by atoms with Gasteiger partial charge in [0.15, 0.2) is 6.61 Å². The van der Waals surface area contributed by atoms with Gasteiger partial charge in [-0.15, -0.1) is 0 Å². The molecular formula is C19H30N2O2. The third-order valence-electron chi connectivity index (χ3n) is 4.78. The lowest BCUT2D eigenvalue weighted by atomic mass is 9.91. The Balaban J connectivity index is 1.91. The molecule has 2 rings (SSSR count). The molecule has 1 amide bonds. The second-order valence-electron chi connectivity index (χ2n) is 7.06. The first kappa shape index (κ1) is 17.8. The molecule has 1 heterocycles. The first-order valence-electron chi connectivity index (χ1n) is 8.65. The summed E-state index contributed by atoms with van der Waals surface area (Å²) in [6.45, 7) is 10.1. The third kappa shape index (κ3) is 4.71. The minimum absolute atomic E-state index is 0.0735. The number of piperidine rings is 1. The van der Waals surface area contributed by atoms with E-state index in [1.165, 1.54) is 0 Å². The van der Waals surface area contributed by atoms with Crippen molar-refractivity contribution < 1.29 is 9.53 Å². The molecule has 1 aliphatic rings. The maximum absolute atomic E-state index is 12.4. The molecule has 0 radical (unpaired) electrons. The van der Waals surface area contributed by atoms with Crippen molar-refractivity contribution in [1.82, 2.24) is 4.90 Å². The lowest BCUT2D eigenvalue weighted by Crippen LogP contribution is -2.44. The molecule has 1 atom stereocenters. The second-order valence-corrected chi connectivity index (χ2v) is 7.06. The highest BCUT2D eigenvalue weighted by molar-refractivity contribution is 5.77. The molecule has 1 fully saturated rings. The summed E-state index contributed by atoms with van der Waals surface area (Å²) in [7, 11) is 0. The molecule has 0 bridgehead atoms. The Hall–Kier alpha value is -1.55. The number of aryl methyl sites for hydroxylation is 1. The van der Waals surface area contributed by atoms with Gasteiger partial charge in [-0.1, -0.05) is 26.0 Å². The predicted octanol–water partition coefficient (Wildman–Crippen LogP) is 3.08. The van der Waals surface area contributed by atoms with Crippen LogP contribution in [-0.4, -0.2) is 36.5 Å². The highest BCUT2D eigenvalue weighted by atomic mass is 16.5. The molecule has 23 heavy (non-hydrogen) atoms. The van der Waals surface area contributed by atoms with E-state index in [4.69, 9.17) is 10.5 Å². The normalized spacial score (nSPS) is 17.4. The molecule has 2 N–H and O–H groups in total. The van der Waals surface area contributed by atoms with E-state index in [0.29, 0.717) is 11.8 Å². The van der Waals surface area contributed by atoms with Crippen molar-refractivity contribution in [1.29, 1.82) is 0 Å². The summed E-state index contributed by atoms with van der Waals surface area (Å²) in [4.78, 5) is 14.3. The fourth-order valence-electron chi connectivity index (χ4n) is 3.15. The number of ether oxygens (including phenoxy) is 1. The molecule has 0 aromatic heterocycles. The second kappa shape index (κ2) is 7.82. The molecular weight excluding hydrogens is 288 g/mol. The number of benzene rings is 1. The Morgan fingerprint density at radius 3 is 2.52 bits per heavy atom. The topological polar surface area (TPSA) is 55.6 Å². The highest BCUT2D eigenvalue weighted by Gasteiger charge is 2.25. The summed E-state index contributed by atoms with van der Waals surface area (Å²) in [5.74, 6) is 1.81. The van der Waals surface area contributed by atoms with Crippen LogP contribution < -0.4 is 10.5 Å². The van der Waals surface area contributed by atoms with Crippen LogP contribution in [0.1, 0.15) is 50.7 Å². The Kier molecular flexibility index (Phi) is 6.05. The van der Waals surface area contributed by atoms with E-state index in [9.17, 15) is 4.79 Å². The molecule has 1 aromatic carbocycles. The molecule has 0 saturated carbocycles. The number of rotatable bonds is 5.